The molecule has 14 heavy (non-hydrogen) atoms. The van der Waals surface area contributed by atoms with Gasteiger partial charge in [0.2, 0.25) is 0 Å². The van der Waals surface area contributed by atoms with Crippen LogP contribution in [0.1, 0.15) is 6.92 Å². The summed E-state index contributed by atoms with van der Waals surface area (Å²) in [6.45, 7) is 2.32. The van der Waals surface area contributed by atoms with Crippen molar-refractivity contribution < 1.29 is 13.2 Å². The lowest BCUT2D eigenvalue weighted by Crippen LogP contribution is -2.03. The number of rotatable bonds is 3. The van der Waals surface area contributed by atoms with Crippen LogP contribution in [0.2, 0.25) is 0 Å². The van der Waals surface area contributed by atoms with Crippen LogP contribution in [-0.4, -0.2) is 21.3 Å². The summed E-state index contributed by atoms with van der Waals surface area (Å²) in [5.74, 6) is 0.516. The maximum Gasteiger partial charge on any atom is 0.177 e. The summed E-state index contributed by atoms with van der Waals surface area (Å²) in [5, 5.41) is 0. The minimum atomic E-state index is -3.28. The van der Waals surface area contributed by atoms with E-state index in [0.717, 1.165) is 6.26 Å². The SMILES string of the molecule is CCOc1ccc(N)c(S(C)(=O)=O)c1. The Morgan fingerprint density at radius 3 is 2.57 bits per heavy atom. The van der Waals surface area contributed by atoms with E-state index in [1.807, 2.05) is 6.92 Å². The van der Waals surface area contributed by atoms with Crippen LogP contribution in [0.3, 0.4) is 0 Å². The highest BCUT2D eigenvalue weighted by Crippen LogP contribution is 2.23. The number of nitrogens with two attached hydrogens (primary N) is 1. The lowest BCUT2D eigenvalue weighted by Gasteiger charge is -2.07. The van der Waals surface area contributed by atoms with E-state index < -0.39 is 9.84 Å². The van der Waals surface area contributed by atoms with Crippen molar-refractivity contribution in [2.45, 2.75) is 11.8 Å². The number of nitrogen functional groups attached to an aromatic ring is 1. The average molecular weight is 215 g/mol. The highest BCUT2D eigenvalue weighted by molar-refractivity contribution is 7.90. The van der Waals surface area contributed by atoms with Gasteiger partial charge in [0, 0.05) is 12.3 Å². The van der Waals surface area contributed by atoms with Gasteiger partial charge in [0.1, 0.15) is 5.75 Å². The van der Waals surface area contributed by atoms with E-state index >= 15 is 0 Å². The second kappa shape index (κ2) is 3.88. The standard InChI is InChI=1S/C9H13NO3S/c1-3-13-7-4-5-8(10)9(6-7)14(2,11)12/h4-6H,3,10H2,1-2H3. The summed E-state index contributed by atoms with van der Waals surface area (Å²) in [4.78, 5) is 0.114. The summed E-state index contributed by atoms with van der Waals surface area (Å²) in [6, 6.07) is 4.61. The van der Waals surface area contributed by atoms with E-state index in [9.17, 15) is 8.42 Å². The summed E-state index contributed by atoms with van der Waals surface area (Å²) >= 11 is 0. The predicted molar refractivity (Wildman–Crippen MR) is 55.1 cm³/mol. The molecule has 0 amide bonds. The van der Waals surface area contributed by atoms with Gasteiger partial charge in [-0.2, -0.15) is 0 Å². The first-order chi connectivity index (χ1) is 6.45. The zero-order chi connectivity index (χ0) is 10.8. The highest BCUT2D eigenvalue weighted by atomic mass is 32.2. The first-order valence-corrected chi connectivity index (χ1v) is 6.06. The highest BCUT2D eigenvalue weighted by Gasteiger charge is 2.12. The number of ether oxygens (including phenoxy) is 1. The molecule has 1 rings (SSSR count). The second-order valence-electron chi connectivity index (χ2n) is 2.90. The lowest BCUT2D eigenvalue weighted by molar-refractivity contribution is 0.339. The van der Waals surface area contributed by atoms with Crippen molar-refractivity contribution >= 4 is 15.5 Å². The van der Waals surface area contributed by atoms with Crippen LogP contribution in [-0.2, 0) is 9.84 Å². The fourth-order valence-corrected chi connectivity index (χ4v) is 1.92. The number of hydrogen-bond acceptors (Lipinski definition) is 4. The topological polar surface area (TPSA) is 69.4 Å². The smallest absolute Gasteiger partial charge is 0.177 e. The fourth-order valence-electron chi connectivity index (χ4n) is 1.09. The van der Waals surface area contributed by atoms with Crippen molar-refractivity contribution in [2.24, 2.45) is 0 Å². The van der Waals surface area contributed by atoms with Crippen LogP contribution in [0.5, 0.6) is 5.75 Å². The zero-order valence-corrected chi connectivity index (χ0v) is 8.97. The normalized spacial score (nSPS) is 11.3. The zero-order valence-electron chi connectivity index (χ0n) is 8.15. The Bertz CT molecular complexity index is 426. The third-order valence-corrected chi connectivity index (χ3v) is 2.85. The Labute approximate surface area is 83.6 Å². The van der Waals surface area contributed by atoms with Crippen LogP contribution in [0.25, 0.3) is 0 Å². The van der Waals surface area contributed by atoms with Crippen LogP contribution in [0.4, 0.5) is 5.69 Å². The summed E-state index contributed by atoms with van der Waals surface area (Å²) in [7, 11) is -3.28. The van der Waals surface area contributed by atoms with Crippen molar-refractivity contribution in [1.82, 2.24) is 0 Å². The third kappa shape index (κ3) is 2.38. The van der Waals surface area contributed by atoms with E-state index in [0.29, 0.717) is 12.4 Å². The molecule has 2 N–H and O–H groups in total. The Morgan fingerprint density at radius 1 is 1.43 bits per heavy atom. The Morgan fingerprint density at radius 2 is 2.07 bits per heavy atom. The monoisotopic (exact) mass is 215 g/mol. The molecule has 1 aromatic carbocycles. The van der Waals surface area contributed by atoms with Gasteiger partial charge in [-0.25, -0.2) is 8.42 Å². The summed E-state index contributed by atoms with van der Waals surface area (Å²) < 4.78 is 27.7. The van der Waals surface area contributed by atoms with Crippen LogP contribution in [0.15, 0.2) is 23.1 Å². The van der Waals surface area contributed by atoms with Crippen molar-refractivity contribution in [3.8, 4) is 5.75 Å². The van der Waals surface area contributed by atoms with Crippen LogP contribution >= 0.6 is 0 Å². The molecule has 5 heteroatoms. The Balaban J connectivity index is 3.22. The number of anilines is 1. The summed E-state index contributed by atoms with van der Waals surface area (Å²) in [5.41, 5.74) is 5.78. The number of hydrogen-bond donors (Lipinski definition) is 1. The molecule has 4 nitrogen and oxygen atoms in total. The maximum absolute atomic E-state index is 11.3. The van der Waals surface area contributed by atoms with Gasteiger partial charge in [-0.05, 0) is 19.1 Å². The first kappa shape index (κ1) is 10.8. The molecule has 0 radical (unpaired) electrons. The van der Waals surface area contributed by atoms with E-state index in [1.54, 1.807) is 6.07 Å². The van der Waals surface area contributed by atoms with Crippen LogP contribution in [0, 0.1) is 0 Å². The average Bonchev–Trinajstić information content (AvgIpc) is 2.07. The molecule has 78 valence electrons. The van der Waals surface area contributed by atoms with Crippen LogP contribution < -0.4 is 10.5 Å². The van der Waals surface area contributed by atoms with Crippen molar-refractivity contribution in [3.63, 3.8) is 0 Å². The van der Waals surface area contributed by atoms with E-state index in [1.165, 1.54) is 12.1 Å². The van der Waals surface area contributed by atoms with Crippen molar-refractivity contribution in [3.05, 3.63) is 18.2 Å². The molecule has 0 saturated heterocycles. The molecule has 0 aliphatic heterocycles. The minimum absolute atomic E-state index is 0.114. The maximum atomic E-state index is 11.3. The summed E-state index contributed by atoms with van der Waals surface area (Å²) in [6.07, 6.45) is 1.12. The second-order valence-corrected chi connectivity index (χ2v) is 4.89. The van der Waals surface area contributed by atoms with E-state index in [4.69, 9.17) is 10.5 Å². The first-order valence-electron chi connectivity index (χ1n) is 4.17. The molecule has 0 atom stereocenters. The molecular weight excluding hydrogens is 202 g/mol. The minimum Gasteiger partial charge on any atom is -0.494 e. The van der Waals surface area contributed by atoms with E-state index in [-0.39, 0.29) is 10.6 Å². The van der Waals surface area contributed by atoms with Gasteiger partial charge in [-0.1, -0.05) is 0 Å². The Hall–Kier alpha value is -1.23. The van der Waals surface area contributed by atoms with E-state index in [2.05, 4.69) is 0 Å². The van der Waals surface area contributed by atoms with Gasteiger partial charge < -0.3 is 10.5 Å². The molecule has 0 heterocycles. The van der Waals surface area contributed by atoms with Crippen molar-refractivity contribution in [1.29, 1.82) is 0 Å². The molecule has 0 aromatic heterocycles. The molecular formula is C9H13NO3S. The quantitative estimate of drug-likeness (QED) is 0.766. The molecule has 0 bridgehead atoms. The van der Waals surface area contributed by atoms with Gasteiger partial charge in [-0.15, -0.1) is 0 Å². The van der Waals surface area contributed by atoms with Gasteiger partial charge in [0.15, 0.2) is 9.84 Å². The molecule has 0 saturated carbocycles. The Kier molecular flexibility index (Phi) is 3.00. The van der Waals surface area contributed by atoms with Gasteiger partial charge in [0.05, 0.1) is 17.2 Å². The molecule has 0 spiro atoms. The molecule has 0 fully saturated rings. The van der Waals surface area contributed by atoms with Gasteiger partial charge in [-0.3, -0.25) is 0 Å². The fraction of sp³-hybridized carbons (Fsp3) is 0.333. The van der Waals surface area contributed by atoms with Gasteiger partial charge in [0.25, 0.3) is 0 Å². The number of sulfone groups is 1. The van der Waals surface area contributed by atoms with Gasteiger partial charge >= 0.3 is 0 Å². The molecule has 0 aliphatic rings. The molecule has 0 aliphatic carbocycles. The van der Waals surface area contributed by atoms with Crippen molar-refractivity contribution in [2.75, 3.05) is 18.6 Å². The predicted octanol–water partition coefficient (Wildman–Crippen LogP) is 1.07. The third-order valence-electron chi connectivity index (χ3n) is 1.70. The largest absolute Gasteiger partial charge is 0.494 e. The number of benzene rings is 1. The lowest BCUT2D eigenvalue weighted by atomic mass is 10.3. The molecule has 0 unspecified atom stereocenters. The molecule has 1 aromatic rings.